The third kappa shape index (κ3) is 4.13. The van der Waals surface area contributed by atoms with Gasteiger partial charge in [0.05, 0.1) is 9.92 Å². The number of nitrogens with two attached hydrogens (primary N) is 1. The molecule has 0 bridgehead atoms. The minimum atomic E-state index is -3.55. The Bertz CT molecular complexity index is 593. The molecule has 1 aliphatic carbocycles. The van der Waals surface area contributed by atoms with E-state index in [2.05, 4.69) is 4.72 Å². The number of hydrogen-bond donors (Lipinski definition) is 2. The quantitative estimate of drug-likeness (QED) is 0.802. The van der Waals surface area contributed by atoms with Crippen molar-refractivity contribution in [1.82, 2.24) is 4.72 Å². The molecule has 2 unspecified atom stereocenters. The maximum absolute atomic E-state index is 12.5. The molecular weight excluding hydrogens is 328 g/mol. The molecule has 7 heteroatoms. The largest absolute Gasteiger partial charge is 0.330 e. The van der Waals surface area contributed by atoms with Gasteiger partial charge in [-0.3, -0.25) is 0 Å². The Morgan fingerprint density at radius 1 is 1.38 bits per heavy atom. The van der Waals surface area contributed by atoms with E-state index in [0.29, 0.717) is 11.6 Å². The lowest BCUT2D eigenvalue weighted by Gasteiger charge is -2.31. The lowest BCUT2D eigenvalue weighted by atomic mass is 9.85. The van der Waals surface area contributed by atoms with Crippen LogP contribution in [0.1, 0.15) is 25.7 Å². The van der Waals surface area contributed by atoms with Crippen LogP contribution in [-0.2, 0) is 10.0 Å². The number of sulfonamides is 1. The smallest absolute Gasteiger partial charge is 0.240 e. The molecule has 2 atom stereocenters. The van der Waals surface area contributed by atoms with Gasteiger partial charge in [0.25, 0.3) is 0 Å². The highest BCUT2D eigenvalue weighted by Gasteiger charge is 2.28. The topological polar surface area (TPSA) is 72.2 Å². The normalized spacial score (nSPS) is 23.2. The van der Waals surface area contributed by atoms with Gasteiger partial charge in [-0.05, 0) is 49.8 Å². The van der Waals surface area contributed by atoms with Gasteiger partial charge in [-0.25, -0.2) is 13.1 Å². The number of benzene rings is 1. The van der Waals surface area contributed by atoms with Gasteiger partial charge in [0.2, 0.25) is 10.0 Å². The van der Waals surface area contributed by atoms with E-state index in [1.807, 2.05) is 6.26 Å². The summed E-state index contributed by atoms with van der Waals surface area (Å²) in [5, 5.41) is 0.462. The average Bonchev–Trinajstić information content (AvgIpc) is 2.47. The minimum absolute atomic E-state index is 0.0762. The summed E-state index contributed by atoms with van der Waals surface area (Å²) in [5.41, 5.74) is 5.75. The Balaban J connectivity index is 2.19. The molecule has 0 spiro atoms. The van der Waals surface area contributed by atoms with Crippen molar-refractivity contribution in [1.29, 1.82) is 0 Å². The summed E-state index contributed by atoms with van der Waals surface area (Å²) in [6.45, 7) is 0.513. The van der Waals surface area contributed by atoms with Crippen molar-refractivity contribution in [3.05, 3.63) is 23.2 Å². The Kier molecular flexibility index (Phi) is 5.96. The van der Waals surface area contributed by atoms with Gasteiger partial charge in [0.15, 0.2) is 0 Å². The van der Waals surface area contributed by atoms with E-state index in [0.717, 1.165) is 30.6 Å². The summed E-state index contributed by atoms with van der Waals surface area (Å²) in [6.07, 6.45) is 5.89. The first-order chi connectivity index (χ1) is 9.97. The first-order valence-corrected chi connectivity index (χ1v) is 10.1. The van der Waals surface area contributed by atoms with Gasteiger partial charge in [0.1, 0.15) is 0 Å². The van der Waals surface area contributed by atoms with Crippen LogP contribution >= 0.6 is 23.4 Å². The molecule has 1 aromatic rings. The maximum atomic E-state index is 12.5. The number of rotatable bonds is 5. The van der Waals surface area contributed by atoms with E-state index >= 15 is 0 Å². The molecule has 21 heavy (non-hydrogen) atoms. The number of thioether (sulfide) groups is 1. The highest BCUT2D eigenvalue weighted by atomic mass is 35.5. The van der Waals surface area contributed by atoms with Gasteiger partial charge in [-0.2, -0.15) is 0 Å². The van der Waals surface area contributed by atoms with E-state index < -0.39 is 10.0 Å². The molecule has 1 aliphatic rings. The Hall–Kier alpha value is -0.270. The van der Waals surface area contributed by atoms with Gasteiger partial charge in [-0.1, -0.05) is 24.4 Å². The van der Waals surface area contributed by atoms with Gasteiger partial charge in [0, 0.05) is 10.9 Å². The standard InChI is InChI=1S/C14H21ClN2O2S2/c1-20-14-7-6-11(8-12(14)15)21(18,19)17-13-5-3-2-4-10(13)9-16/h6-8,10,13,17H,2-5,9,16H2,1H3. The number of halogens is 1. The van der Waals surface area contributed by atoms with Crippen LogP contribution in [0.3, 0.4) is 0 Å². The van der Waals surface area contributed by atoms with Gasteiger partial charge >= 0.3 is 0 Å². The average molecular weight is 349 g/mol. The molecule has 1 aromatic carbocycles. The fourth-order valence-electron chi connectivity index (χ4n) is 2.73. The lowest BCUT2D eigenvalue weighted by molar-refractivity contribution is 0.296. The monoisotopic (exact) mass is 348 g/mol. The van der Waals surface area contributed by atoms with Crippen molar-refractivity contribution in [3.8, 4) is 0 Å². The highest BCUT2D eigenvalue weighted by Crippen LogP contribution is 2.29. The molecule has 4 nitrogen and oxygen atoms in total. The summed E-state index contributed by atoms with van der Waals surface area (Å²) in [6, 6.07) is 4.77. The second kappa shape index (κ2) is 7.33. The molecule has 3 N–H and O–H groups in total. The van der Waals surface area contributed by atoms with E-state index in [1.54, 1.807) is 12.1 Å². The zero-order valence-corrected chi connectivity index (χ0v) is 14.4. The molecule has 0 aliphatic heterocycles. The Morgan fingerprint density at radius 2 is 2.10 bits per heavy atom. The second-order valence-corrected chi connectivity index (χ2v) is 8.27. The third-order valence-corrected chi connectivity index (χ3v) is 6.66. The molecule has 0 heterocycles. The van der Waals surface area contributed by atoms with Crippen LogP contribution in [0.5, 0.6) is 0 Å². The Labute approximate surface area is 135 Å². The van der Waals surface area contributed by atoms with Crippen LogP contribution in [0.4, 0.5) is 0 Å². The lowest BCUT2D eigenvalue weighted by Crippen LogP contribution is -2.44. The van der Waals surface area contributed by atoms with Crippen molar-refractivity contribution in [2.45, 2.75) is 41.5 Å². The van der Waals surface area contributed by atoms with Gasteiger partial charge in [-0.15, -0.1) is 11.8 Å². The van der Waals surface area contributed by atoms with Crippen LogP contribution in [-0.4, -0.2) is 27.3 Å². The van der Waals surface area contributed by atoms with Crippen LogP contribution in [0, 0.1) is 5.92 Å². The van der Waals surface area contributed by atoms with Crippen LogP contribution in [0.25, 0.3) is 0 Å². The van der Waals surface area contributed by atoms with Crippen molar-refractivity contribution < 1.29 is 8.42 Å². The predicted molar refractivity (Wildman–Crippen MR) is 88.4 cm³/mol. The van der Waals surface area contributed by atoms with Gasteiger partial charge < -0.3 is 5.73 Å². The summed E-state index contributed by atoms with van der Waals surface area (Å²) < 4.78 is 27.8. The van der Waals surface area contributed by atoms with Crippen LogP contribution < -0.4 is 10.5 Å². The minimum Gasteiger partial charge on any atom is -0.330 e. The number of hydrogen-bond acceptors (Lipinski definition) is 4. The second-order valence-electron chi connectivity index (χ2n) is 5.30. The van der Waals surface area contributed by atoms with E-state index in [4.69, 9.17) is 17.3 Å². The fraction of sp³-hybridized carbons (Fsp3) is 0.571. The van der Waals surface area contributed by atoms with E-state index in [9.17, 15) is 8.42 Å². The maximum Gasteiger partial charge on any atom is 0.240 e. The first kappa shape index (κ1) is 17.1. The fourth-order valence-corrected chi connectivity index (χ4v) is 5.03. The molecule has 118 valence electrons. The summed E-state index contributed by atoms with van der Waals surface area (Å²) >= 11 is 7.59. The van der Waals surface area contributed by atoms with Crippen molar-refractivity contribution in [2.75, 3.05) is 12.8 Å². The van der Waals surface area contributed by atoms with Crippen LogP contribution in [0.2, 0.25) is 5.02 Å². The molecule has 2 rings (SSSR count). The highest BCUT2D eigenvalue weighted by molar-refractivity contribution is 7.98. The zero-order valence-electron chi connectivity index (χ0n) is 12.0. The molecular formula is C14H21ClN2O2S2. The first-order valence-electron chi connectivity index (χ1n) is 7.04. The SMILES string of the molecule is CSc1ccc(S(=O)(=O)NC2CCCCC2CN)cc1Cl. The van der Waals surface area contributed by atoms with E-state index in [1.165, 1.54) is 17.8 Å². The molecule has 0 aromatic heterocycles. The third-order valence-electron chi connectivity index (χ3n) is 3.95. The van der Waals surface area contributed by atoms with Crippen molar-refractivity contribution in [3.63, 3.8) is 0 Å². The zero-order chi connectivity index (χ0) is 15.5. The summed E-state index contributed by atoms with van der Waals surface area (Å²) in [5.74, 6) is 0.217. The predicted octanol–water partition coefficient (Wildman–Crippen LogP) is 2.86. The molecule has 1 fully saturated rings. The van der Waals surface area contributed by atoms with Crippen molar-refractivity contribution in [2.24, 2.45) is 11.7 Å². The molecule has 0 amide bonds. The molecule has 1 saturated carbocycles. The van der Waals surface area contributed by atoms with Crippen LogP contribution in [0.15, 0.2) is 28.0 Å². The summed E-state index contributed by atoms with van der Waals surface area (Å²) in [7, 11) is -3.55. The van der Waals surface area contributed by atoms with Crippen molar-refractivity contribution >= 4 is 33.4 Å². The molecule has 0 saturated heterocycles. The Morgan fingerprint density at radius 3 is 2.71 bits per heavy atom. The molecule has 0 radical (unpaired) electrons. The number of nitrogens with one attached hydrogen (secondary N) is 1. The summed E-state index contributed by atoms with van der Waals surface area (Å²) in [4.78, 5) is 1.08. The van der Waals surface area contributed by atoms with E-state index in [-0.39, 0.29) is 16.9 Å².